The summed E-state index contributed by atoms with van der Waals surface area (Å²) in [5, 5.41) is 8.60. The van der Waals surface area contributed by atoms with Crippen molar-refractivity contribution in [1.82, 2.24) is 0 Å². The fourth-order valence-electron chi connectivity index (χ4n) is 2.65. The highest BCUT2D eigenvalue weighted by Crippen LogP contribution is 2.32. The zero-order valence-electron chi connectivity index (χ0n) is 18.0. The summed E-state index contributed by atoms with van der Waals surface area (Å²) in [6.07, 6.45) is 12.6. The molecule has 0 heterocycles. The maximum absolute atomic E-state index is 11.9. The lowest BCUT2D eigenvalue weighted by atomic mass is 10.0. The Morgan fingerprint density at radius 1 is 0.931 bits per heavy atom. The van der Waals surface area contributed by atoms with Crippen LogP contribution in [0, 0.1) is 5.92 Å². The summed E-state index contributed by atoms with van der Waals surface area (Å²) in [5.41, 5.74) is 5.25. The molecule has 0 aliphatic rings. The first kappa shape index (κ1) is 28.2. The van der Waals surface area contributed by atoms with Gasteiger partial charge in [-0.2, -0.15) is 0 Å². The van der Waals surface area contributed by atoms with E-state index < -0.39 is 20.6 Å². The fourth-order valence-corrected chi connectivity index (χ4v) is 3.30. The summed E-state index contributed by atoms with van der Waals surface area (Å²) >= 11 is 0. The largest absolute Gasteiger partial charge is 0.480 e. The van der Waals surface area contributed by atoms with E-state index in [1.807, 2.05) is 6.92 Å². The van der Waals surface area contributed by atoms with Crippen molar-refractivity contribution < 1.29 is 33.4 Å². The third-order valence-corrected chi connectivity index (χ3v) is 5.33. The number of unbranched alkanes of at least 4 members (excludes halogenated alkanes) is 8. The van der Waals surface area contributed by atoms with Crippen LogP contribution in [0.4, 0.5) is 0 Å². The number of rotatable bonds is 20. The van der Waals surface area contributed by atoms with Crippen molar-refractivity contribution >= 4 is 20.5 Å². The Morgan fingerprint density at radius 3 is 2.10 bits per heavy atom. The number of ether oxygens (including phenoxy) is 1. The van der Waals surface area contributed by atoms with Crippen molar-refractivity contribution in [3.8, 4) is 0 Å². The van der Waals surface area contributed by atoms with Gasteiger partial charge in [-0.05, 0) is 6.42 Å². The lowest BCUT2D eigenvalue weighted by Gasteiger charge is -2.13. The third kappa shape index (κ3) is 17.8. The molecule has 0 saturated carbocycles. The molecule has 0 fully saturated rings. The molecule has 2 unspecified atom stereocenters. The van der Waals surface area contributed by atoms with Crippen LogP contribution in [-0.2, 0) is 23.4 Å². The van der Waals surface area contributed by atoms with Gasteiger partial charge in [0.2, 0.25) is 0 Å². The first-order valence-corrected chi connectivity index (χ1v) is 11.9. The Bertz CT molecular complexity index is 426. The van der Waals surface area contributed by atoms with Crippen LogP contribution in [0.2, 0.25) is 0 Å². The topological polar surface area (TPSA) is 128 Å². The molecule has 0 rings (SSSR count). The number of hydrogen-bond donors (Lipinski definition) is 3. The van der Waals surface area contributed by atoms with Crippen molar-refractivity contribution in [2.75, 3.05) is 19.8 Å². The standard InChI is InChI=1S/C20H40NO7P/c1-3-4-5-6-7-8-9-10-11-13-17(2)20(24)26-14-12-15-27-29(25)28-16-18(21)19(22)23/h17-18,25H,3-16,21H2,1-2H3,(H,22,23)/t17?,18-,29?/m0/s1. The summed E-state index contributed by atoms with van der Waals surface area (Å²) in [6, 6.07) is -1.20. The number of aliphatic carboxylic acids is 1. The van der Waals surface area contributed by atoms with Gasteiger partial charge in [-0.15, -0.1) is 0 Å². The van der Waals surface area contributed by atoms with Gasteiger partial charge in [0.1, 0.15) is 6.04 Å². The second kappa shape index (κ2) is 19.2. The number of hydrogen-bond acceptors (Lipinski definition) is 7. The highest BCUT2D eigenvalue weighted by atomic mass is 31.2. The number of carboxylic acid groups (broad SMARTS) is 1. The Kier molecular flexibility index (Phi) is 18.7. The summed E-state index contributed by atoms with van der Waals surface area (Å²) < 4.78 is 15.0. The molecular formula is C20H40NO7P. The van der Waals surface area contributed by atoms with Gasteiger partial charge in [-0.1, -0.05) is 71.6 Å². The molecule has 0 aliphatic carbocycles. The first-order chi connectivity index (χ1) is 13.9. The molecule has 0 radical (unpaired) electrons. The van der Waals surface area contributed by atoms with Crippen LogP contribution in [-0.4, -0.2) is 47.8 Å². The van der Waals surface area contributed by atoms with Gasteiger partial charge < -0.3 is 29.5 Å². The molecule has 0 amide bonds. The lowest BCUT2D eigenvalue weighted by Crippen LogP contribution is -2.34. The minimum atomic E-state index is -2.18. The van der Waals surface area contributed by atoms with Gasteiger partial charge in [-0.3, -0.25) is 9.59 Å². The number of esters is 1. The molecule has 29 heavy (non-hydrogen) atoms. The summed E-state index contributed by atoms with van der Waals surface area (Å²) in [4.78, 5) is 31.9. The first-order valence-electron chi connectivity index (χ1n) is 10.8. The van der Waals surface area contributed by atoms with Crippen molar-refractivity contribution in [3.05, 3.63) is 0 Å². The molecule has 8 nitrogen and oxygen atoms in total. The van der Waals surface area contributed by atoms with Gasteiger partial charge in [0.15, 0.2) is 0 Å². The van der Waals surface area contributed by atoms with Crippen molar-refractivity contribution in [2.24, 2.45) is 11.7 Å². The van der Waals surface area contributed by atoms with Gasteiger partial charge in [0.05, 0.1) is 25.7 Å². The van der Waals surface area contributed by atoms with Crippen LogP contribution < -0.4 is 5.73 Å². The SMILES string of the molecule is CCCCCCCCCCCC(C)C(=O)OCCCOP(O)OC[C@H](N)C(=O)O. The molecule has 9 heteroatoms. The molecule has 0 aromatic heterocycles. The number of carboxylic acids is 1. The minimum Gasteiger partial charge on any atom is -0.480 e. The smallest absolute Gasteiger partial charge is 0.329 e. The van der Waals surface area contributed by atoms with Crippen molar-refractivity contribution in [3.63, 3.8) is 0 Å². The predicted molar refractivity (Wildman–Crippen MR) is 113 cm³/mol. The Hall–Kier alpha value is -0.790. The average Bonchev–Trinajstić information content (AvgIpc) is 2.69. The highest BCUT2D eigenvalue weighted by molar-refractivity contribution is 7.40. The van der Waals surface area contributed by atoms with Gasteiger partial charge in [-0.25, -0.2) is 0 Å². The highest BCUT2D eigenvalue weighted by Gasteiger charge is 2.16. The van der Waals surface area contributed by atoms with Gasteiger partial charge >= 0.3 is 20.5 Å². The van der Waals surface area contributed by atoms with E-state index in [1.165, 1.54) is 44.9 Å². The van der Waals surface area contributed by atoms with Crippen molar-refractivity contribution in [1.29, 1.82) is 0 Å². The van der Waals surface area contributed by atoms with Crippen LogP contribution >= 0.6 is 8.60 Å². The van der Waals surface area contributed by atoms with E-state index in [2.05, 4.69) is 6.92 Å². The molecule has 0 saturated heterocycles. The van der Waals surface area contributed by atoms with Gasteiger partial charge in [0.25, 0.3) is 0 Å². The average molecular weight is 438 g/mol. The number of nitrogens with two attached hydrogens (primary N) is 1. The molecule has 0 spiro atoms. The molecule has 4 N–H and O–H groups in total. The van der Waals surface area contributed by atoms with Crippen LogP contribution in [0.15, 0.2) is 0 Å². The summed E-state index contributed by atoms with van der Waals surface area (Å²) in [6.45, 7) is 4.13. The van der Waals surface area contributed by atoms with E-state index in [0.29, 0.717) is 6.42 Å². The van der Waals surface area contributed by atoms with E-state index in [-0.39, 0.29) is 31.7 Å². The van der Waals surface area contributed by atoms with Gasteiger partial charge in [0, 0.05) is 6.42 Å². The molecule has 3 atom stereocenters. The van der Waals surface area contributed by atoms with E-state index in [0.717, 1.165) is 19.3 Å². The maximum atomic E-state index is 11.9. The number of carbonyl (C=O) groups is 2. The minimum absolute atomic E-state index is 0.115. The van der Waals surface area contributed by atoms with Crippen LogP contribution in [0.25, 0.3) is 0 Å². The molecule has 0 aliphatic heterocycles. The molecular weight excluding hydrogens is 397 g/mol. The van der Waals surface area contributed by atoms with E-state index in [1.54, 1.807) is 0 Å². The van der Waals surface area contributed by atoms with E-state index in [9.17, 15) is 14.5 Å². The van der Waals surface area contributed by atoms with E-state index in [4.69, 9.17) is 24.6 Å². The molecule has 0 aromatic rings. The Morgan fingerprint density at radius 2 is 1.52 bits per heavy atom. The van der Waals surface area contributed by atoms with Crippen LogP contribution in [0.3, 0.4) is 0 Å². The predicted octanol–water partition coefficient (Wildman–Crippen LogP) is 4.14. The monoisotopic (exact) mass is 437 g/mol. The third-order valence-electron chi connectivity index (χ3n) is 4.56. The zero-order chi connectivity index (χ0) is 21.9. The molecule has 172 valence electrons. The maximum Gasteiger partial charge on any atom is 0.329 e. The van der Waals surface area contributed by atoms with Crippen LogP contribution in [0.1, 0.15) is 84.5 Å². The summed E-state index contributed by atoms with van der Waals surface area (Å²) in [7, 11) is -2.18. The second-order valence-electron chi connectivity index (χ2n) is 7.35. The normalized spacial score (nSPS) is 14.3. The van der Waals surface area contributed by atoms with Crippen LogP contribution in [0.5, 0.6) is 0 Å². The zero-order valence-corrected chi connectivity index (χ0v) is 18.9. The number of carbonyl (C=O) groups excluding carboxylic acids is 1. The second-order valence-corrected chi connectivity index (χ2v) is 8.34. The molecule has 0 bridgehead atoms. The van der Waals surface area contributed by atoms with Crippen molar-refractivity contribution in [2.45, 2.75) is 90.5 Å². The Labute approximate surface area is 176 Å². The fraction of sp³-hybridized carbons (Fsp3) is 0.900. The quantitative estimate of drug-likeness (QED) is 0.147. The van der Waals surface area contributed by atoms with E-state index >= 15 is 0 Å². The Balaban J connectivity index is 3.54. The summed E-state index contributed by atoms with van der Waals surface area (Å²) in [5.74, 6) is -1.53. The lowest BCUT2D eigenvalue weighted by molar-refractivity contribution is -0.148. The molecule has 0 aromatic carbocycles.